The Morgan fingerprint density at radius 2 is 2.28 bits per heavy atom. The maximum Gasteiger partial charge on any atom is 0.249 e. The number of hydrogen-bond donors (Lipinski definition) is 0. The molecule has 1 unspecified atom stereocenters. The summed E-state index contributed by atoms with van der Waals surface area (Å²) in [6.07, 6.45) is -0.752. The Kier molecular flexibility index (Phi) is 4.96. The van der Waals surface area contributed by atoms with Gasteiger partial charge in [-0.05, 0) is 26.8 Å². The van der Waals surface area contributed by atoms with E-state index in [4.69, 9.17) is 4.74 Å². The first-order valence-electron chi connectivity index (χ1n) is 5.74. The fourth-order valence-corrected chi connectivity index (χ4v) is 1.74. The summed E-state index contributed by atoms with van der Waals surface area (Å²) in [7, 11) is 0. The summed E-state index contributed by atoms with van der Waals surface area (Å²) in [5.41, 5.74) is 1.46. The minimum absolute atomic E-state index is 0.0449. The molecule has 0 N–H and O–H groups in total. The molecule has 0 spiro atoms. The molecule has 1 aromatic heterocycles. The van der Waals surface area contributed by atoms with Crippen LogP contribution in [0, 0.1) is 24.0 Å². The molecule has 0 aromatic carbocycles. The van der Waals surface area contributed by atoms with Crippen molar-refractivity contribution in [3.63, 3.8) is 0 Å². The number of carbonyl (C=O) groups is 1. The molecular formula is C11H17N3O4. The van der Waals surface area contributed by atoms with Gasteiger partial charge in [-0.25, -0.2) is 4.68 Å². The molecule has 7 heteroatoms. The molecule has 0 saturated heterocycles. The molecule has 18 heavy (non-hydrogen) atoms. The van der Waals surface area contributed by atoms with E-state index in [1.807, 2.05) is 0 Å². The van der Waals surface area contributed by atoms with Crippen LogP contribution in [0.25, 0.3) is 0 Å². The number of nitro groups is 1. The van der Waals surface area contributed by atoms with Crippen molar-refractivity contribution in [2.24, 2.45) is 0 Å². The topological polar surface area (TPSA) is 87.3 Å². The molecule has 1 rings (SSSR count). The molecule has 7 nitrogen and oxygen atoms in total. The second-order valence-electron chi connectivity index (χ2n) is 4.03. The van der Waals surface area contributed by atoms with Gasteiger partial charge in [0, 0.05) is 17.2 Å². The molecule has 0 amide bonds. The first-order valence-corrected chi connectivity index (χ1v) is 5.74. The molecule has 1 aromatic rings. The van der Waals surface area contributed by atoms with Crippen LogP contribution in [-0.4, -0.2) is 39.9 Å². The summed E-state index contributed by atoms with van der Waals surface area (Å²) in [5.74, 6) is -0.291. The van der Waals surface area contributed by atoms with E-state index >= 15 is 0 Å². The number of carbonyl (C=O) groups excluding carboxylic acids is 1. The van der Waals surface area contributed by atoms with Gasteiger partial charge in [-0.3, -0.25) is 14.9 Å². The second kappa shape index (κ2) is 6.25. The lowest BCUT2D eigenvalue weighted by Gasteiger charge is -2.12. The van der Waals surface area contributed by atoms with Crippen molar-refractivity contribution in [3.8, 4) is 0 Å². The van der Waals surface area contributed by atoms with Crippen molar-refractivity contribution in [1.29, 1.82) is 0 Å². The van der Waals surface area contributed by atoms with E-state index in [2.05, 4.69) is 5.10 Å². The second-order valence-corrected chi connectivity index (χ2v) is 4.03. The number of rotatable bonds is 6. The molecule has 0 aliphatic heterocycles. The molecule has 0 saturated carbocycles. The SMILES string of the molecule is CCOC(CC(=O)n1nc(C)cc1C)C[N+](=O)[O-]. The lowest BCUT2D eigenvalue weighted by atomic mass is 10.2. The smallest absolute Gasteiger partial charge is 0.249 e. The van der Waals surface area contributed by atoms with E-state index in [0.717, 1.165) is 5.69 Å². The van der Waals surface area contributed by atoms with Crippen LogP contribution >= 0.6 is 0 Å². The van der Waals surface area contributed by atoms with E-state index < -0.39 is 11.0 Å². The van der Waals surface area contributed by atoms with E-state index in [1.165, 1.54) is 4.68 Å². The highest BCUT2D eigenvalue weighted by Crippen LogP contribution is 2.07. The van der Waals surface area contributed by atoms with Crippen molar-refractivity contribution in [2.45, 2.75) is 33.3 Å². The van der Waals surface area contributed by atoms with Crippen LogP contribution in [-0.2, 0) is 4.74 Å². The minimum Gasteiger partial charge on any atom is -0.371 e. The number of nitrogens with zero attached hydrogens (tertiary/aromatic N) is 3. The standard InChI is InChI=1S/C11H17N3O4/c1-4-18-10(7-13(16)17)6-11(15)14-9(3)5-8(2)12-14/h5,10H,4,6-7H2,1-3H3. The number of hydrogen-bond acceptors (Lipinski definition) is 5. The molecule has 0 aliphatic carbocycles. The highest BCUT2D eigenvalue weighted by molar-refractivity contribution is 5.79. The average Bonchev–Trinajstić information content (AvgIpc) is 2.57. The van der Waals surface area contributed by atoms with Crippen LogP contribution < -0.4 is 0 Å². The summed E-state index contributed by atoms with van der Waals surface area (Å²) in [6, 6.07) is 1.78. The number of aryl methyl sites for hydroxylation is 2. The molecule has 0 fully saturated rings. The van der Waals surface area contributed by atoms with Gasteiger partial charge in [0.05, 0.1) is 12.1 Å². The Hall–Kier alpha value is -1.76. The van der Waals surface area contributed by atoms with Crippen LogP contribution in [0.5, 0.6) is 0 Å². The molecule has 100 valence electrons. The number of ether oxygens (including phenoxy) is 1. The van der Waals surface area contributed by atoms with Gasteiger partial charge in [-0.2, -0.15) is 5.10 Å². The maximum absolute atomic E-state index is 11.9. The van der Waals surface area contributed by atoms with Crippen LogP contribution in [0.3, 0.4) is 0 Å². The lowest BCUT2D eigenvalue weighted by molar-refractivity contribution is -0.491. The van der Waals surface area contributed by atoms with Crippen LogP contribution in [0.15, 0.2) is 6.07 Å². The Bertz CT molecular complexity index is 441. The predicted molar refractivity (Wildman–Crippen MR) is 64.2 cm³/mol. The first kappa shape index (κ1) is 14.3. The first-order chi connectivity index (χ1) is 8.43. The van der Waals surface area contributed by atoms with Gasteiger partial charge in [-0.1, -0.05) is 0 Å². The Balaban J connectivity index is 2.71. The summed E-state index contributed by atoms with van der Waals surface area (Å²) in [6.45, 7) is 5.25. The molecule has 0 aliphatic rings. The Morgan fingerprint density at radius 3 is 2.72 bits per heavy atom. The molecule has 0 bridgehead atoms. The van der Waals surface area contributed by atoms with Gasteiger partial charge in [0.25, 0.3) is 0 Å². The largest absolute Gasteiger partial charge is 0.371 e. The third kappa shape index (κ3) is 3.92. The fourth-order valence-electron chi connectivity index (χ4n) is 1.74. The summed E-state index contributed by atoms with van der Waals surface area (Å²) < 4.78 is 6.45. The summed E-state index contributed by atoms with van der Waals surface area (Å²) in [5, 5.41) is 14.5. The average molecular weight is 255 g/mol. The maximum atomic E-state index is 11.9. The summed E-state index contributed by atoms with van der Waals surface area (Å²) in [4.78, 5) is 21.9. The third-order valence-electron chi connectivity index (χ3n) is 2.40. The van der Waals surface area contributed by atoms with Crippen molar-refractivity contribution in [2.75, 3.05) is 13.2 Å². The molecule has 0 radical (unpaired) electrons. The van der Waals surface area contributed by atoms with Gasteiger partial charge < -0.3 is 4.74 Å². The van der Waals surface area contributed by atoms with E-state index in [1.54, 1.807) is 26.8 Å². The Labute approximate surface area is 105 Å². The highest BCUT2D eigenvalue weighted by Gasteiger charge is 2.21. The third-order valence-corrected chi connectivity index (χ3v) is 2.40. The highest BCUT2D eigenvalue weighted by atomic mass is 16.6. The van der Waals surface area contributed by atoms with E-state index in [9.17, 15) is 14.9 Å². The van der Waals surface area contributed by atoms with E-state index in [-0.39, 0.29) is 18.9 Å². The normalized spacial score (nSPS) is 12.4. The number of aromatic nitrogens is 2. The predicted octanol–water partition coefficient (Wildman–Crippen LogP) is 1.21. The van der Waals surface area contributed by atoms with Gasteiger partial charge in [0.1, 0.15) is 6.10 Å². The Morgan fingerprint density at radius 1 is 1.61 bits per heavy atom. The molecule has 1 atom stereocenters. The van der Waals surface area contributed by atoms with Gasteiger partial charge in [0.15, 0.2) is 0 Å². The zero-order valence-corrected chi connectivity index (χ0v) is 10.8. The van der Waals surface area contributed by atoms with Crippen molar-refractivity contribution in [1.82, 2.24) is 9.78 Å². The monoisotopic (exact) mass is 255 g/mol. The fraction of sp³-hybridized carbons (Fsp3) is 0.636. The zero-order chi connectivity index (χ0) is 13.7. The quantitative estimate of drug-likeness (QED) is 0.563. The van der Waals surface area contributed by atoms with Crippen LogP contribution in [0.1, 0.15) is 29.5 Å². The van der Waals surface area contributed by atoms with E-state index in [0.29, 0.717) is 12.3 Å². The molecular weight excluding hydrogens is 238 g/mol. The zero-order valence-electron chi connectivity index (χ0n) is 10.8. The minimum atomic E-state index is -0.707. The van der Waals surface area contributed by atoms with Gasteiger partial charge in [-0.15, -0.1) is 0 Å². The van der Waals surface area contributed by atoms with Crippen LogP contribution in [0.2, 0.25) is 0 Å². The van der Waals surface area contributed by atoms with Crippen LogP contribution in [0.4, 0.5) is 0 Å². The van der Waals surface area contributed by atoms with Crippen molar-refractivity contribution < 1.29 is 14.5 Å². The molecule has 1 heterocycles. The lowest BCUT2D eigenvalue weighted by Crippen LogP contribution is -2.29. The van der Waals surface area contributed by atoms with Crippen molar-refractivity contribution >= 4 is 5.91 Å². The summed E-state index contributed by atoms with van der Waals surface area (Å²) >= 11 is 0. The van der Waals surface area contributed by atoms with Crippen molar-refractivity contribution in [3.05, 3.63) is 27.6 Å². The van der Waals surface area contributed by atoms with Gasteiger partial charge >= 0.3 is 0 Å². The van der Waals surface area contributed by atoms with Gasteiger partial charge in [0.2, 0.25) is 12.5 Å².